The summed E-state index contributed by atoms with van der Waals surface area (Å²) in [4.78, 5) is 2.34. The van der Waals surface area contributed by atoms with Gasteiger partial charge >= 0.3 is 0 Å². The quantitative estimate of drug-likeness (QED) is 0.869. The van der Waals surface area contributed by atoms with Gasteiger partial charge in [0, 0.05) is 24.5 Å². The third-order valence-corrected chi connectivity index (χ3v) is 3.88. The van der Waals surface area contributed by atoms with E-state index in [4.69, 9.17) is 0 Å². The summed E-state index contributed by atoms with van der Waals surface area (Å²) in [7, 11) is 2.16. The van der Waals surface area contributed by atoms with Gasteiger partial charge in [0.15, 0.2) is 0 Å². The van der Waals surface area contributed by atoms with E-state index < -0.39 is 0 Å². The molecule has 0 radical (unpaired) electrons. The summed E-state index contributed by atoms with van der Waals surface area (Å²) in [6, 6.07) is 13.2. The van der Waals surface area contributed by atoms with Crippen LogP contribution in [0.4, 0.5) is 11.4 Å². The molecule has 0 bridgehead atoms. The summed E-state index contributed by atoms with van der Waals surface area (Å²) < 4.78 is 0. The monoisotopic (exact) mass is 252 g/mol. The highest BCUT2D eigenvalue weighted by molar-refractivity contribution is 5.62. The molecule has 3 rings (SSSR count). The van der Waals surface area contributed by atoms with E-state index in [1.165, 1.54) is 27.9 Å². The molecule has 98 valence electrons. The topological polar surface area (TPSA) is 15.3 Å². The Labute approximate surface area is 115 Å². The second kappa shape index (κ2) is 4.71. The Morgan fingerprint density at radius 3 is 2.32 bits per heavy atom. The number of hydrogen-bond acceptors (Lipinski definition) is 2. The number of benzene rings is 2. The molecule has 1 heterocycles. The number of rotatable bonds is 2. The molecule has 0 aromatic heterocycles. The van der Waals surface area contributed by atoms with E-state index in [1.807, 2.05) is 0 Å². The van der Waals surface area contributed by atoms with Crippen LogP contribution in [0.25, 0.3) is 0 Å². The van der Waals surface area contributed by atoms with Gasteiger partial charge in [0.1, 0.15) is 0 Å². The Morgan fingerprint density at radius 2 is 1.53 bits per heavy atom. The smallest absolute Gasteiger partial charge is 0.0387 e. The Balaban J connectivity index is 1.84. The zero-order valence-corrected chi connectivity index (χ0v) is 11.8. The molecule has 0 fully saturated rings. The van der Waals surface area contributed by atoms with Crippen molar-refractivity contribution in [3.8, 4) is 0 Å². The summed E-state index contributed by atoms with van der Waals surface area (Å²) in [5, 5.41) is 3.50. The van der Waals surface area contributed by atoms with Crippen molar-refractivity contribution in [3.63, 3.8) is 0 Å². The van der Waals surface area contributed by atoms with E-state index in [2.05, 4.69) is 67.5 Å². The normalized spacial score (nSPS) is 14.5. The van der Waals surface area contributed by atoms with Gasteiger partial charge in [-0.05, 0) is 67.4 Å². The lowest BCUT2D eigenvalue weighted by molar-refractivity contribution is 0.353. The van der Waals surface area contributed by atoms with Crippen molar-refractivity contribution in [1.82, 2.24) is 4.90 Å². The Kier molecular flexibility index (Phi) is 3.03. The van der Waals surface area contributed by atoms with Crippen LogP contribution >= 0.6 is 0 Å². The molecule has 1 aliphatic heterocycles. The molecule has 0 atom stereocenters. The Hall–Kier alpha value is -1.80. The predicted molar refractivity (Wildman–Crippen MR) is 80.8 cm³/mol. The van der Waals surface area contributed by atoms with Gasteiger partial charge in [-0.1, -0.05) is 12.1 Å². The number of nitrogens with one attached hydrogen (secondary N) is 1. The van der Waals surface area contributed by atoms with Crippen molar-refractivity contribution in [2.45, 2.75) is 26.9 Å². The molecule has 2 aromatic carbocycles. The standard InChI is InChI=1S/C17H20N2/c1-12-4-6-16(8-13(12)2)18-17-7-5-14-10-19(3)11-15(14)9-17/h4-9,18H,10-11H2,1-3H3. The van der Waals surface area contributed by atoms with E-state index >= 15 is 0 Å². The van der Waals surface area contributed by atoms with E-state index in [0.717, 1.165) is 18.8 Å². The number of anilines is 2. The average molecular weight is 252 g/mol. The lowest BCUT2D eigenvalue weighted by atomic mass is 10.1. The van der Waals surface area contributed by atoms with Crippen LogP contribution in [0.5, 0.6) is 0 Å². The largest absolute Gasteiger partial charge is 0.356 e. The summed E-state index contributed by atoms with van der Waals surface area (Å²) in [6.45, 7) is 6.42. The van der Waals surface area contributed by atoms with Gasteiger partial charge in [-0.15, -0.1) is 0 Å². The molecule has 1 aliphatic rings. The minimum Gasteiger partial charge on any atom is -0.356 e. The fourth-order valence-electron chi connectivity index (χ4n) is 2.63. The third kappa shape index (κ3) is 2.49. The summed E-state index contributed by atoms with van der Waals surface area (Å²) in [5.41, 5.74) is 7.89. The van der Waals surface area contributed by atoms with Crippen LogP contribution in [-0.4, -0.2) is 11.9 Å². The first-order chi connectivity index (χ1) is 9.11. The van der Waals surface area contributed by atoms with E-state index in [0.29, 0.717) is 0 Å². The molecule has 0 amide bonds. The van der Waals surface area contributed by atoms with Crippen LogP contribution in [0.3, 0.4) is 0 Å². The second-order valence-corrected chi connectivity index (χ2v) is 5.58. The van der Waals surface area contributed by atoms with Gasteiger partial charge in [-0.2, -0.15) is 0 Å². The lowest BCUT2D eigenvalue weighted by Crippen LogP contribution is -2.07. The first-order valence-electron chi connectivity index (χ1n) is 6.76. The maximum atomic E-state index is 3.50. The van der Waals surface area contributed by atoms with E-state index in [9.17, 15) is 0 Å². The maximum absolute atomic E-state index is 3.50. The molecular weight excluding hydrogens is 232 g/mol. The minimum atomic E-state index is 1.05. The van der Waals surface area contributed by atoms with Crippen LogP contribution in [0.2, 0.25) is 0 Å². The molecular formula is C17H20N2. The SMILES string of the molecule is Cc1ccc(Nc2ccc3c(c2)CN(C)C3)cc1C. The molecule has 2 nitrogen and oxygen atoms in total. The van der Waals surface area contributed by atoms with Gasteiger partial charge < -0.3 is 5.32 Å². The van der Waals surface area contributed by atoms with Crippen LogP contribution < -0.4 is 5.32 Å². The molecule has 19 heavy (non-hydrogen) atoms. The van der Waals surface area contributed by atoms with E-state index in [1.54, 1.807) is 0 Å². The molecule has 1 N–H and O–H groups in total. The molecule has 2 heteroatoms. The van der Waals surface area contributed by atoms with Crippen LogP contribution in [0.1, 0.15) is 22.3 Å². The summed E-state index contributed by atoms with van der Waals surface area (Å²) in [6.07, 6.45) is 0. The first kappa shape index (κ1) is 12.2. The molecule has 0 saturated carbocycles. The first-order valence-corrected chi connectivity index (χ1v) is 6.76. The van der Waals surface area contributed by atoms with Crippen molar-refractivity contribution in [1.29, 1.82) is 0 Å². The van der Waals surface area contributed by atoms with Gasteiger partial charge in [-0.3, -0.25) is 4.90 Å². The van der Waals surface area contributed by atoms with Crippen LogP contribution in [0, 0.1) is 13.8 Å². The van der Waals surface area contributed by atoms with Crippen LogP contribution in [-0.2, 0) is 13.1 Å². The zero-order chi connectivity index (χ0) is 13.4. The fourth-order valence-corrected chi connectivity index (χ4v) is 2.63. The van der Waals surface area contributed by atoms with E-state index in [-0.39, 0.29) is 0 Å². The average Bonchev–Trinajstić information content (AvgIpc) is 2.73. The highest BCUT2D eigenvalue weighted by Crippen LogP contribution is 2.26. The fraction of sp³-hybridized carbons (Fsp3) is 0.294. The second-order valence-electron chi connectivity index (χ2n) is 5.58. The highest BCUT2D eigenvalue weighted by Gasteiger charge is 2.15. The summed E-state index contributed by atoms with van der Waals surface area (Å²) in [5.74, 6) is 0. The lowest BCUT2D eigenvalue weighted by Gasteiger charge is -2.10. The van der Waals surface area contributed by atoms with Gasteiger partial charge in [-0.25, -0.2) is 0 Å². The van der Waals surface area contributed by atoms with Gasteiger partial charge in [0.2, 0.25) is 0 Å². The predicted octanol–water partition coefficient (Wildman–Crippen LogP) is 3.99. The molecule has 0 aliphatic carbocycles. The van der Waals surface area contributed by atoms with Gasteiger partial charge in [0.25, 0.3) is 0 Å². The Bertz CT molecular complexity index is 617. The molecule has 2 aromatic rings. The molecule has 0 spiro atoms. The maximum Gasteiger partial charge on any atom is 0.0387 e. The van der Waals surface area contributed by atoms with Gasteiger partial charge in [0.05, 0.1) is 0 Å². The van der Waals surface area contributed by atoms with Crippen molar-refractivity contribution in [2.75, 3.05) is 12.4 Å². The molecule has 0 unspecified atom stereocenters. The highest BCUT2D eigenvalue weighted by atomic mass is 15.1. The van der Waals surface area contributed by atoms with Crippen molar-refractivity contribution < 1.29 is 0 Å². The number of hydrogen-bond donors (Lipinski definition) is 1. The van der Waals surface area contributed by atoms with Crippen molar-refractivity contribution in [2.24, 2.45) is 0 Å². The molecule has 0 saturated heterocycles. The van der Waals surface area contributed by atoms with Crippen molar-refractivity contribution in [3.05, 3.63) is 58.7 Å². The number of fused-ring (bicyclic) bond motifs is 1. The van der Waals surface area contributed by atoms with Crippen LogP contribution in [0.15, 0.2) is 36.4 Å². The number of aryl methyl sites for hydroxylation is 2. The third-order valence-electron chi connectivity index (χ3n) is 3.88. The zero-order valence-electron chi connectivity index (χ0n) is 11.8. The number of nitrogens with zero attached hydrogens (tertiary/aromatic N) is 1. The minimum absolute atomic E-state index is 1.05. The Morgan fingerprint density at radius 1 is 0.842 bits per heavy atom. The summed E-state index contributed by atoms with van der Waals surface area (Å²) >= 11 is 0. The van der Waals surface area contributed by atoms with Crippen molar-refractivity contribution >= 4 is 11.4 Å².